The highest BCUT2D eigenvalue weighted by Gasteiger charge is 2.14. The summed E-state index contributed by atoms with van der Waals surface area (Å²) in [5.41, 5.74) is 4.60. The number of esters is 1. The molecular weight excluding hydrogens is 390 g/mol. The van der Waals surface area contributed by atoms with Crippen LogP contribution in [0.4, 0.5) is 0 Å². The molecule has 0 aliphatic heterocycles. The zero-order chi connectivity index (χ0) is 22.4. The number of hydrogen-bond acceptors (Lipinski definition) is 5. The van der Waals surface area contributed by atoms with Crippen LogP contribution in [0.2, 0.25) is 0 Å². The maximum absolute atomic E-state index is 12.5. The molecule has 0 amide bonds. The number of aryl methyl sites for hydroxylation is 2. The average molecular weight is 413 g/mol. The minimum absolute atomic E-state index is 0.311. The molecule has 31 heavy (non-hydrogen) atoms. The third-order valence-corrected chi connectivity index (χ3v) is 4.97. The summed E-state index contributed by atoms with van der Waals surface area (Å²) in [4.78, 5) is 12.5. The molecule has 3 aromatic carbocycles. The molecule has 0 aromatic heterocycles. The van der Waals surface area contributed by atoms with Crippen LogP contribution in [-0.2, 0) is 0 Å². The van der Waals surface area contributed by atoms with E-state index in [0.29, 0.717) is 22.6 Å². The van der Waals surface area contributed by atoms with Gasteiger partial charge in [0, 0.05) is 0 Å². The van der Waals surface area contributed by atoms with E-state index in [4.69, 9.17) is 14.2 Å². The highest BCUT2D eigenvalue weighted by Crippen LogP contribution is 2.31. The van der Waals surface area contributed by atoms with Gasteiger partial charge in [-0.05, 0) is 90.7 Å². The molecule has 0 N–H and O–H groups in total. The Morgan fingerprint density at radius 1 is 0.839 bits per heavy atom. The highest BCUT2D eigenvalue weighted by atomic mass is 16.6. The fourth-order valence-electron chi connectivity index (χ4n) is 3.00. The van der Waals surface area contributed by atoms with E-state index in [0.717, 1.165) is 28.0 Å². The molecule has 0 spiro atoms. The Labute approximate surface area is 182 Å². The largest absolute Gasteiger partial charge is 0.497 e. The SMILES string of the molecule is COc1ccc(/C(C#N)=C\c2ccc(OC(=O)c3ccc(C)c(C)c3)c(OC)c2)cc1. The van der Waals surface area contributed by atoms with Crippen LogP contribution in [0.5, 0.6) is 17.2 Å². The molecule has 0 unspecified atom stereocenters. The Kier molecular flexibility index (Phi) is 6.74. The van der Waals surface area contributed by atoms with Crippen molar-refractivity contribution in [1.29, 1.82) is 5.26 Å². The van der Waals surface area contributed by atoms with E-state index in [-0.39, 0.29) is 0 Å². The van der Waals surface area contributed by atoms with Gasteiger partial charge in [-0.1, -0.05) is 12.1 Å². The van der Waals surface area contributed by atoms with E-state index in [2.05, 4.69) is 6.07 Å². The smallest absolute Gasteiger partial charge is 0.343 e. The average Bonchev–Trinajstić information content (AvgIpc) is 2.80. The molecule has 3 rings (SSSR count). The Bertz CT molecular complexity index is 1170. The van der Waals surface area contributed by atoms with Crippen LogP contribution in [0.25, 0.3) is 11.6 Å². The molecule has 0 fully saturated rings. The van der Waals surface area contributed by atoms with Gasteiger partial charge < -0.3 is 14.2 Å². The number of methoxy groups -OCH3 is 2. The van der Waals surface area contributed by atoms with E-state index in [1.165, 1.54) is 7.11 Å². The van der Waals surface area contributed by atoms with E-state index >= 15 is 0 Å². The Morgan fingerprint density at radius 3 is 2.16 bits per heavy atom. The summed E-state index contributed by atoms with van der Waals surface area (Å²) in [6, 6.07) is 20.0. The molecule has 0 bridgehead atoms. The van der Waals surface area contributed by atoms with Crippen LogP contribution in [0.15, 0.2) is 60.7 Å². The lowest BCUT2D eigenvalue weighted by atomic mass is 10.0. The van der Waals surface area contributed by atoms with Gasteiger partial charge >= 0.3 is 5.97 Å². The summed E-state index contributed by atoms with van der Waals surface area (Å²) in [5, 5.41) is 9.59. The van der Waals surface area contributed by atoms with Crippen LogP contribution in [-0.4, -0.2) is 20.2 Å². The maximum Gasteiger partial charge on any atom is 0.343 e. The van der Waals surface area contributed by atoms with Gasteiger partial charge in [0.25, 0.3) is 0 Å². The van der Waals surface area contributed by atoms with E-state index in [1.54, 1.807) is 55.7 Å². The lowest BCUT2D eigenvalue weighted by molar-refractivity contribution is 0.0729. The molecule has 0 heterocycles. The topological polar surface area (TPSA) is 68.5 Å². The second-order valence-electron chi connectivity index (χ2n) is 7.00. The third kappa shape index (κ3) is 5.12. The fraction of sp³-hybridized carbons (Fsp3) is 0.154. The van der Waals surface area contributed by atoms with Crippen molar-refractivity contribution < 1.29 is 19.0 Å². The number of allylic oxidation sites excluding steroid dienone is 1. The lowest BCUT2D eigenvalue weighted by Gasteiger charge is -2.11. The number of nitrogens with zero attached hydrogens (tertiary/aromatic N) is 1. The number of nitriles is 1. The molecule has 0 aliphatic rings. The van der Waals surface area contributed by atoms with Crippen molar-refractivity contribution in [2.45, 2.75) is 13.8 Å². The van der Waals surface area contributed by atoms with Crippen molar-refractivity contribution in [3.63, 3.8) is 0 Å². The molecule has 0 aliphatic carbocycles. The normalized spacial score (nSPS) is 10.9. The van der Waals surface area contributed by atoms with Crippen molar-refractivity contribution in [3.8, 4) is 23.3 Å². The summed E-state index contributed by atoms with van der Waals surface area (Å²) in [6.07, 6.45) is 1.75. The summed E-state index contributed by atoms with van der Waals surface area (Å²) in [5.74, 6) is 0.974. The number of carbonyl (C=O) groups excluding carboxylic acids is 1. The molecule has 0 atom stereocenters. The second-order valence-corrected chi connectivity index (χ2v) is 7.00. The highest BCUT2D eigenvalue weighted by molar-refractivity contribution is 5.92. The van der Waals surface area contributed by atoms with Crippen molar-refractivity contribution in [2.75, 3.05) is 14.2 Å². The Balaban J connectivity index is 1.86. The van der Waals surface area contributed by atoms with Gasteiger partial charge in [0.1, 0.15) is 5.75 Å². The standard InChI is InChI=1S/C26H23NO4/c1-17-5-7-21(13-18(17)2)26(28)31-24-12-6-19(15-25(24)30-4)14-22(16-27)20-8-10-23(29-3)11-9-20/h5-15H,1-4H3/b22-14-. The van der Waals surface area contributed by atoms with Crippen molar-refractivity contribution in [1.82, 2.24) is 0 Å². The van der Waals surface area contributed by atoms with Crippen LogP contribution in [0.3, 0.4) is 0 Å². The van der Waals surface area contributed by atoms with Crippen LogP contribution < -0.4 is 14.2 Å². The van der Waals surface area contributed by atoms with Gasteiger partial charge in [0.05, 0.1) is 31.4 Å². The summed E-state index contributed by atoms with van der Waals surface area (Å²) < 4.78 is 16.1. The summed E-state index contributed by atoms with van der Waals surface area (Å²) >= 11 is 0. The molecule has 0 saturated carbocycles. The second kappa shape index (κ2) is 9.64. The predicted molar refractivity (Wildman–Crippen MR) is 120 cm³/mol. The molecule has 5 heteroatoms. The van der Waals surface area contributed by atoms with Crippen molar-refractivity contribution in [3.05, 3.63) is 88.5 Å². The molecular formula is C26H23NO4. The number of rotatable bonds is 6. The monoisotopic (exact) mass is 413 g/mol. The molecule has 0 radical (unpaired) electrons. The zero-order valence-electron chi connectivity index (χ0n) is 17.9. The first-order valence-corrected chi connectivity index (χ1v) is 9.69. The fourth-order valence-corrected chi connectivity index (χ4v) is 3.00. The van der Waals surface area contributed by atoms with Crippen molar-refractivity contribution >= 4 is 17.6 Å². The molecule has 0 saturated heterocycles. The van der Waals surface area contributed by atoms with Gasteiger partial charge in [-0.3, -0.25) is 0 Å². The molecule has 156 valence electrons. The van der Waals surface area contributed by atoms with Crippen LogP contribution >= 0.6 is 0 Å². The number of hydrogen-bond donors (Lipinski definition) is 0. The van der Waals surface area contributed by atoms with Gasteiger partial charge in [0.15, 0.2) is 11.5 Å². The quantitative estimate of drug-likeness (QED) is 0.228. The minimum Gasteiger partial charge on any atom is -0.497 e. The Hall–Kier alpha value is -4.04. The van der Waals surface area contributed by atoms with Crippen molar-refractivity contribution in [2.24, 2.45) is 0 Å². The van der Waals surface area contributed by atoms with Gasteiger partial charge in [0.2, 0.25) is 0 Å². The third-order valence-electron chi connectivity index (χ3n) is 4.97. The summed E-state index contributed by atoms with van der Waals surface area (Å²) in [6.45, 7) is 3.94. The van der Waals surface area contributed by atoms with E-state index in [1.807, 2.05) is 32.0 Å². The molecule has 5 nitrogen and oxygen atoms in total. The zero-order valence-corrected chi connectivity index (χ0v) is 17.9. The first-order chi connectivity index (χ1) is 14.9. The lowest BCUT2D eigenvalue weighted by Crippen LogP contribution is -2.09. The predicted octanol–water partition coefficient (Wildman–Crippen LogP) is 5.60. The minimum atomic E-state index is -0.458. The van der Waals surface area contributed by atoms with E-state index < -0.39 is 5.97 Å². The first-order valence-electron chi connectivity index (χ1n) is 9.69. The van der Waals surface area contributed by atoms with Crippen LogP contribution in [0, 0.1) is 25.2 Å². The first kappa shape index (κ1) is 21.7. The number of carbonyl (C=O) groups is 1. The number of benzene rings is 3. The molecule has 3 aromatic rings. The van der Waals surface area contributed by atoms with Crippen LogP contribution in [0.1, 0.15) is 32.6 Å². The number of ether oxygens (including phenoxy) is 3. The van der Waals surface area contributed by atoms with Gasteiger partial charge in [-0.15, -0.1) is 0 Å². The van der Waals surface area contributed by atoms with Gasteiger partial charge in [-0.25, -0.2) is 4.79 Å². The van der Waals surface area contributed by atoms with Gasteiger partial charge in [-0.2, -0.15) is 5.26 Å². The Morgan fingerprint density at radius 2 is 1.55 bits per heavy atom. The summed E-state index contributed by atoms with van der Waals surface area (Å²) in [7, 11) is 3.10. The maximum atomic E-state index is 12.5. The van der Waals surface area contributed by atoms with E-state index in [9.17, 15) is 10.1 Å².